The molecule has 0 atom stereocenters. The van der Waals surface area contributed by atoms with E-state index >= 15 is 0 Å². The third-order valence-electron chi connectivity index (χ3n) is 2.44. The topological polar surface area (TPSA) is 38.9 Å². The van der Waals surface area contributed by atoms with Crippen LogP contribution >= 0.6 is 39.1 Å². The number of benzene rings is 1. The lowest BCUT2D eigenvalue weighted by atomic mass is 10.1. The van der Waals surface area contributed by atoms with Gasteiger partial charge in [0.15, 0.2) is 0 Å². The number of rotatable bonds is 1. The molecule has 0 aliphatic carbocycles. The summed E-state index contributed by atoms with van der Waals surface area (Å²) in [5.41, 5.74) is 7.48. The Labute approximate surface area is 112 Å². The predicted octanol–water partition coefficient (Wildman–Crippen LogP) is 4.45. The highest BCUT2D eigenvalue weighted by atomic mass is 79.9. The van der Waals surface area contributed by atoms with Crippen LogP contribution in [0, 0.1) is 0 Å². The molecular weight excluding hydrogens is 311 g/mol. The van der Waals surface area contributed by atoms with Gasteiger partial charge in [-0.15, -0.1) is 0 Å². The molecule has 0 aliphatic rings. The van der Waals surface area contributed by atoms with Crippen molar-refractivity contribution in [3.63, 3.8) is 0 Å². The minimum Gasteiger partial charge on any atom is -0.383 e. The summed E-state index contributed by atoms with van der Waals surface area (Å²) >= 11 is 15.5. The molecule has 84 valence electrons. The first-order valence-electron chi connectivity index (χ1n) is 4.77. The Balaban J connectivity index is 2.86. The van der Waals surface area contributed by atoms with Crippen molar-refractivity contribution in [2.45, 2.75) is 13.3 Å². The Hall–Kier alpha value is -0.510. The number of hydrogen-bond acceptors (Lipinski definition) is 2. The maximum Gasteiger partial charge on any atom is 0.127 e. The van der Waals surface area contributed by atoms with Crippen molar-refractivity contribution >= 4 is 55.9 Å². The molecule has 0 spiro atoms. The van der Waals surface area contributed by atoms with Gasteiger partial charge < -0.3 is 5.73 Å². The number of nitrogens with two attached hydrogens (primary N) is 1. The van der Waals surface area contributed by atoms with Crippen molar-refractivity contribution < 1.29 is 0 Å². The predicted molar refractivity (Wildman–Crippen MR) is 73.3 cm³/mol. The molecule has 1 heterocycles. The molecule has 2 rings (SSSR count). The number of aromatic nitrogens is 1. The highest BCUT2D eigenvalue weighted by Gasteiger charge is 2.11. The fourth-order valence-electron chi connectivity index (χ4n) is 1.56. The fraction of sp³-hybridized carbons (Fsp3) is 0.182. The number of hydrogen-bond donors (Lipinski definition) is 1. The Morgan fingerprint density at radius 1 is 1.31 bits per heavy atom. The molecule has 1 aromatic heterocycles. The molecule has 0 unspecified atom stereocenters. The summed E-state index contributed by atoms with van der Waals surface area (Å²) in [6.07, 6.45) is 0.840. The van der Waals surface area contributed by atoms with Gasteiger partial charge in [0.25, 0.3) is 0 Å². The second-order valence-electron chi connectivity index (χ2n) is 3.44. The van der Waals surface area contributed by atoms with Crippen LogP contribution in [0.25, 0.3) is 10.9 Å². The summed E-state index contributed by atoms with van der Waals surface area (Å²) in [4.78, 5) is 4.29. The number of halogens is 3. The highest BCUT2D eigenvalue weighted by Crippen LogP contribution is 2.37. The molecular formula is C11H9BrCl2N2. The SMILES string of the molecule is CCc1cc2cc(Br)c(Cl)c(Cl)c2nc1N. The van der Waals surface area contributed by atoms with Crippen LogP contribution in [0.15, 0.2) is 16.6 Å². The largest absolute Gasteiger partial charge is 0.383 e. The molecule has 16 heavy (non-hydrogen) atoms. The van der Waals surface area contributed by atoms with Crippen LogP contribution in [-0.2, 0) is 6.42 Å². The molecule has 0 saturated carbocycles. The van der Waals surface area contributed by atoms with Crippen LogP contribution in [0.3, 0.4) is 0 Å². The molecule has 2 N–H and O–H groups in total. The van der Waals surface area contributed by atoms with E-state index < -0.39 is 0 Å². The summed E-state index contributed by atoms with van der Waals surface area (Å²) in [5.74, 6) is 0.510. The number of nitrogen functional groups attached to an aromatic ring is 1. The van der Waals surface area contributed by atoms with Crippen LogP contribution in [0.2, 0.25) is 10.0 Å². The van der Waals surface area contributed by atoms with Crippen LogP contribution < -0.4 is 5.73 Å². The lowest BCUT2D eigenvalue weighted by Crippen LogP contribution is -1.97. The molecule has 0 fully saturated rings. The van der Waals surface area contributed by atoms with Crippen LogP contribution in [0.4, 0.5) is 5.82 Å². The van der Waals surface area contributed by atoms with E-state index in [0.29, 0.717) is 21.4 Å². The second-order valence-corrected chi connectivity index (χ2v) is 5.05. The first kappa shape index (κ1) is 12.0. The molecule has 0 amide bonds. The number of pyridine rings is 1. The lowest BCUT2D eigenvalue weighted by Gasteiger charge is -2.08. The number of aryl methyl sites for hydroxylation is 1. The summed E-state index contributed by atoms with van der Waals surface area (Å²) in [6.45, 7) is 2.03. The van der Waals surface area contributed by atoms with Crippen molar-refractivity contribution in [3.05, 3.63) is 32.2 Å². The molecule has 2 aromatic rings. The van der Waals surface area contributed by atoms with Crippen molar-refractivity contribution in [1.82, 2.24) is 4.98 Å². The summed E-state index contributed by atoms with van der Waals surface area (Å²) in [6, 6.07) is 3.89. The lowest BCUT2D eigenvalue weighted by molar-refractivity contribution is 1.13. The van der Waals surface area contributed by atoms with Gasteiger partial charge in [0.05, 0.1) is 15.6 Å². The second kappa shape index (κ2) is 4.40. The molecule has 0 aliphatic heterocycles. The summed E-state index contributed by atoms with van der Waals surface area (Å²) in [7, 11) is 0. The molecule has 0 radical (unpaired) electrons. The van der Waals surface area contributed by atoms with E-state index in [1.54, 1.807) is 0 Å². The quantitative estimate of drug-likeness (QED) is 0.789. The van der Waals surface area contributed by atoms with Gasteiger partial charge in [0.2, 0.25) is 0 Å². The molecule has 1 aromatic carbocycles. The maximum absolute atomic E-state index is 6.12. The maximum atomic E-state index is 6.12. The normalized spacial score (nSPS) is 11.0. The third-order valence-corrected chi connectivity index (χ3v) is 4.15. The smallest absolute Gasteiger partial charge is 0.127 e. The molecule has 5 heteroatoms. The number of fused-ring (bicyclic) bond motifs is 1. The van der Waals surface area contributed by atoms with E-state index in [1.165, 1.54) is 0 Å². The Morgan fingerprint density at radius 2 is 2.00 bits per heavy atom. The zero-order chi connectivity index (χ0) is 11.9. The van der Waals surface area contributed by atoms with Gasteiger partial charge in [-0.25, -0.2) is 4.98 Å². The summed E-state index contributed by atoms with van der Waals surface area (Å²) in [5, 5.41) is 1.83. The molecule has 0 bridgehead atoms. The minimum atomic E-state index is 0.431. The first-order valence-corrected chi connectivity index (χ1v) is 6.32. The average molecular weight is 320 g/mol. The van der Waals surface area contributed by atoms with Gasteiger partial charge >= 0.3 is 0 Å². The van der Waals surface area contributed by atoms with Crippen LogP contribution in [0.1, 0.15) is 12.5 Å². The molecule has 0 saturated heterocycles. The van der Waals surface area contributed by atoms with E-state index in [4.69, 9.17) is 28.9 Å². The van der Waals surface area contributed by atoms with E-state index in [9.17, 15) is 0 Å². The summed E-state index contributed by atoms with van der Waals surface area (Å²) < 4.78 is 0.764. The van der Waals surface area contributed by atoms with Crippen LogP contribution in [0.5, 0.6) is 0 Å². The zero-order valence-corrected chi connectivity index (χ0v) is 11.6. The van der Waals surface area contributed by atoms with Gasteiger partial charge in [-0.3, -0.25) is 0 Å². The van der Waals surface area contributed by atoms with Gasteiger partial charge in [0.1, 0.15) is 5.82 Å². The average Bonchev–Trinajstić information content (AvgIpc) is 2.27. The fourth-order valence-corrected chi connectivity index (χ4v) is 2.52. The van der Waals surface area contributed by atoms with E-state index in [-0.39, 0.29) is 0 Å². The van der Waals surface area contributed by atoms with E-state index in [0.717, 1.165) is 21.8 Å². The minimum absolute atomic E-state index is 0.431. The Morgan fingerprint density at radius 3 is 2.62 bits per heavy atom. The Kier molecular flexibility index (Phi) is 3.29. The standard InChI is InChI=1S/C11H9BrCl2N2/c1-2-5-3-6-4-7(12)8(13)9(14)10(6)16-11(5)15/h3-4H,2H2,1H3,(H2,15,16). The third kappa shape index (κ3) is 1.88. The number of nitrogens with zero attached hydrogens (tertiary/aromatic N) is 1. The number of anilines is 1. The van der Waals surface area contributed by atoms with E-state index in [2.05, 4.69) is 20.9 Å². The van der Waals surface area contributed by atoms with Crippen LogP contribution in [-0.4, -0.2) is 4.98 Å². The molecule has 2 nitrogen and oxygen atoms in total. The van der Waals surface area contributed by atoms with E-state index in [1.807, 2.05) is 19.1 Å². The van der Waals surface area contributed by atoms with Gasteiger partial charge in [0, 0.05) is 9.86 Å². The van der Waals surface area contributed by atoms with Crippen molar-refractivity contribution in [2.24, 2.45) is 0 Å². The van der Waals surface area contributed by atoms with Gasteiger partial charge in [-0.2, -0.15) is 0 Å². The van der Waals surface area contributed by atoms with Crippen molar-refractivity contribution in [3.8, 4) is 0 Å². The Bertz CT molecular complexity index is 570. The van der Waals surface area contributed by atoms with Gasteiger partial charge in [-0.05, 0) is 40.0 Å². The zero-order valence-electron chi connectivity index (χ0n) is 8.52. The van der Waals surface area contributed by atoms with Gasteiger partial charge in [-0.1, -0.05) is 30.1 Å². The highest BCUT2D eigenvalue weighted by molar-refractivity contribution is 9.10. The monoisotopic (exact) mass is 318 g/mol. The first-order chi connectivity index (χ1) is 7.54. The van der Waals surface area contributed by atoms with Crippen molar-refractivity contribution in [2.75, 3.05) is 5.73 Å². The van der Waals surface area contributed by atoms with Crippen molar-refractivity contribution in [1.29, 1.82) is 0 Å².